The first-order valence-electron chi connectivity index (χ1n) is 10.3. The number of benzene rings is 1. The summed E-state index contributed by atoms with van der Waals surface area (Å²) in [6, 6.07) is 7.91. The van der Waals surface area contributed by atoms with Gasteiger partial charge in [0.25, 0.3) is 0 Å². The van der Waals surface area contributed by atoms with Crippen LogP contribution in [0.4, 0.5) is 11.4 Å². The van der Waals surface area contributed by atoms with Crippen LogP contribution >= 0.6 is 23.1 Å². The highest BCUT2D eigenvalue weighted by Gasteiger charge is 2.20. The number of nitrogens with one attached hydrogen (secondary N) is 1. The van der Waals surface area contributed by atoms with Crippen molar-refractivity contribution < 1.29 is 9.59 Å². The van der Waals surface area contributed by atoms with E-state index in [-0.39, 0.29) is 17.2 Å². The maximum atomic E-state index is 12.3. The highest BCUT2D eigenvalue weighted by atomic mass is 32.2. The van der Waals surface area contributed by atoms with Crippen LogP contribution in [0.1, 0.15) is 39.8 Å². The van der Waals surface area contributed by atoms with Crippen LogP contribution < -0.4 is 10.2 Å². The fraction of sp³-hybridized carbons (Fsp3) is 0.500. The summed E-state index contributed by atoms with van der Waals surface area (Å²) in [5.74, 6) is 0.525. The molecule has 3 rings (SSSR count). The number of rotatable bonds is 6. The van der Waals surface area contributed by atoms with Gasteiger partial charge in [-0.2, -0.15) is 0 Å². The molecule has 8 heteroatoms. The monoisotopic (exact) mass is 446 g/mol. The van der Waals surface area contributed by atoms with Crippen LogP contribution in [-0.4, -0.2) is 53.6 Å². The van der Waals surface area contributed by atoms with E-state index < -0.39 is 0 Å². The molecule has 0 spiro atoms. The van der Waals surface area contributed by atoms with E-state index in [1.54, 1.807) is 11.3 Å². The Morgan fingerprint density at radius 2 is 1.80 bits per heavy atom. The van der Waals surface area contributed by atoms with Crippen molar-refractivity contribution in [2.75, 3.05) is 42.1 Å². The first-order valence-corrected chi connectivity index (χ1v) is 12.1. The molecular weight excluding hydrogens is 416 g/mol. The fourth-order valence-electron chi connectivity index (χ4n) is 3.19. The van der Waals surface area contributed by atoms with Crippen molar-refractivity contribution in [3.63, 3.8) is 0 Å². The molecule has 6 nitrogen and oxygen atoms in total. The molecule has 1 saturated heterocycles. The van der Waals surface area contributed by atoms with Gasteiger partial charge in [0.1, 0.15) is 0 Å². The van der Waals surface area contributed by atoms with Gasteiger partial charge >= 0.3 is 0 Å². The zero-order chi connectivity index (χ0) is 21.7. The van der Waals surface area contributed by atoms with Crippen molar-refractivity contribution in [1.82, 2.24) is 9.88 Å². The van der Waals surface area contributed by atoms with Gasteiger partial charge in [0.2, 0.25) is 11.8 Å². The zero-order valence-electron chi connectivity index (χ0n) is 18.1. The van der Waals surface area contributed by atoms with Gasteiger partial charge < -0.3 is 15.1 Å². The number of carbonyl (C=O) groups excluding carboxylic acids is 2. The number of carbonyl (C=O) groups is 2. The predicted molar refractivity (Wildman–Crippen MR) is 126 cm³/mol. The highest BCUT2D eigenvalue weighted by molar-refractivity contribution is 8.01. The second kappa shape index (κ2) is 9.83. The van der Waals surface area contributed by atoms with Gasteiger partial charge in [0.05, 0.1) is 11.4 Å². The summed E-state index contributed by atoms with van der Waals surface area (Å²) in [4.78, 5) is 32.9. The van der Waals surface area contributed by atoms with Gasteiger partial charge in [-0.1, -0.05) is 39.5 Å². The molecule has 2 amide bonds. The largest absolute Gasteiger partial charge is 0.368 e. The van der Waals surface area contributed by atoms with Crippen molar-refractivity contribution in [1.29, 1.82) is 0 Å². The van der Waals surface area contributed by atoms with E-state index in [9.17, 15) is 9.59 Å². The molecule has 0 aliphatic carbocycles. The molecule has 1 aromatic carbocycles. The van der Waals surface area contributed by atoms with Crippen LogP contribution in [0.3, 0.4) is 0 Å². The summed E-state index contributed by atoms with van der Waals surface area (Å²) in [6.07, 6.45) is 0.562. The van der Waals surface area contributed by atoms with Crippen LogP contribution in [0.25, 0.3) is 0 Å². The standard InChI is InChI=1S/C22H30N4O2S2/c1-5-20(28)26-12-10-25(11-13-26)17-8-6-16(7-9-17)23-19(27)15-30-21-24-18(14-29-21)22(2,3)4/h6-9,14H,5,10-13,15H2,1-4H3,(H,23,27). The van der Waals surface area contributed by atoms with Crippen LogP contribution in [0, 0.1) is 0 Å². The molecule has 0 saturated carbocycles. The Balaban J connectivity index is 1.47. The Kier molecular flexibility index (Phi) is 7.41. The molecule has 2 aromatic rings. The van der Waals surface area contributed by atoms with Gasteiger partial charge in [-0.3, -0.25) is 9.59 Å². The van der Waals surface area contributed by atoms with Crippen molar-refractivity contribution in [3.05, 3.63) is 35.3 Å². The van der Waals surface area contributed by atoms with Crippen molar-refractivity contribution in [2.45, 2.75) is 43.9 Å². The molecule has 0 bridgehead atoms. The lowest BCUT2D eigenvalue weighted by molar-refractivity contribution is -0.131. The SMILES string of the molecule is CCC(=O)N1CCN(c2ccc(NC(=O)CSc3nc(C(C)(C)C)cs3)cc2)CC1. The molecule has 1 aliphatic heterocycles. The molecule has 1 fully saturated rings. The second-order valence-corrected chi connectivity index (χ2v) is 10.4. The quantitative estimate of drug-likeness (QED) is 0.673. The average Bonchev–Trinajstić information content (AvgIpc) is 3.22. The molecule has 1 aromatic heterocycles. The molecular formula is C22H30N4O2S2. The number of aromatic nitrogens is 1. The fourth-order valence-corrected chi connectivity index (χ4v) is 5.04. The smallest absolute Gasteiger partial charge is 0.234 e. The normalized spacial score (nSPS) is 14.7. The predicted octanol–water partition coefficient (Wildman–Crippen LogP) is 4.23. The topological polar surface area (TPSA) is 65.5 Å². The van der Waals surface area contributed by atoms with Crippen molar-refractivity contribution in [2.24, 2.45) is 0 Å². The Morgan fingerprint density at radius 3 is 2.37 bits per heavy atom. The number of thiazole rings is 1. The molecule has 1 N–H and O–H groups in total. The van der Waals surface area contributed by atoms with Gasteiger partial charge in [-0.25, -0.2) is 4.98 Å². The third-order valence-corrected chi connectivity index (χ3v) is 7.05. The van der Waals surface area contributed by atoms with Crippen molar-refractivity contribution in [3.8, 4) is 0 Å². The Bertz CT molecular complexity index is 866. The minimum absolute atomic E-state index is 0.0253. The Hall–Kier alpha value is -2.06. The maximum Gasteiger partial charge on any atom is 0.234 e. The van der Waals surface area contributed by atoms with Crippen LogP contribution in [-0.2, 0) is 15.0 Å². The van der Waals surface area contributed by atoms with Gasteiger partial charge in [-0.15, -0.1) is 11.3 Å². The van der Waals surface area contributed by atoms with E-state index in [2.05, 4.69) is 41.4 Å². The summed E-state index contributed by atoms with van der Waals surface area (Å²) in [7, 11) is 0. The number of anilines is 2. The number of hydrogen-bond acceptors (Lipinski definition) is 6. The molecule has 1 aliphatic rings. The zero-order valence-corrected chi connectivity index (χ0v) is 19.7. The molecule has 0 unspecified atom stereocenters. The number of piperazine rings is 1. The van der Waals surface area contributed by atoms with Crippen LogP contribution in [0.5, 0.6) is 0 Å². The summed E-state index contributed by atoms with van der Waals surface area (Å²) >= 11 is 3.06. The first kappa shape index (κ1) is 22.6. The first-order chi connectivity index (χ1) is 14.3. The van der Waals surface area contributed by atoms with Crippen LogP contribution in [0.2, 0.25) is 0 Å². The maximum absolute atomic E-state index is 12.3. The lowest BCUT2D eigenvalue weighted by atomic mass is 9.93. The Labute approximate surface area is 187 Å². The molecule has 2 heterocycles. The minimum Gasteiger partial charge on any atom is -0.368 e. The van der Waals surface area contributed by atoms with E-state index in [0.717, 1.165) is 47.6 Å². The molecule has 162 valence electrons. The highest BCUT2D eigenvalue weighted by Crippen LogP contribution is 2.29. The van der Waals surface area contributed by atoms with E-state index in [1.807, 2.05) is 36.1 Å². The summed E-state index contributed by atoms with van der Waals surface area (Å²) < 4.78 is 0.922. The molecule has 30 heavy (non-hydrogen) atoms. The summed E-state index contributed by atoms with van der Waals surface area (Å²) in [5, 5.41) is 5.02. The van der Waals surface area contributed by atoms with Crippen LogP contribution in [0.15, 0.2) is 34.0 Å². The molecule has 0 radical (unpaired) electrons. The average molecular weight is 447 g/mol. The van der Waals surface area contributed by atoms with Gasteiger partial charge in [0.15, 0.2) is 4.34 Å². The van der Waals surface area contributed by atoms with E-state index in [1.165, 1.54) is 11.8 Å². The Morgan fingerprint density at radius 1 is 1.13 bits per heavy atom. The lowest BCUT2D eigenvalue weighted by Crippen LogP contribution is -2.48. The third kappa shape index (κ3) is 5.98. The number of thioether (sulfide) groups is 1. The molecule has 0 atom stereocenters. The lowest BCUT2D eigenvalue weighted by Gasteiger charge is -2.36. The summed E-state index contributed by atoms with van der Waals surface area (Å²) in [5.41, 5.74) is 2.99. The van der Waals surface area contributed by atoms with Gasteiger partial charge in [0, 0.05) is 54.8 Å². The van der Waals surface area contributed by atoms with E-state index in [0.29, 0.717) is 12.2 Å². The summed E-state index contributed by atoms with van der Waals surface area (Å²) in [6.45, 7) is 11.5. The minimum atomic E-state index is -0.0352. The number of amides is 2. The van der Waals surface area contributed by atoms with E-state index >= 15 is 0 Å². The van der Waals surface area contributed by atoms with E-state index in [4.69, 9.17) is 0 Å². The third-order valence-electron chi connectivity index (χ3n) is 5.03. The second-order valence-electron chi connectivity index (χ2n) is 8.35. The number of hydrogen-bond donors (Lipinski definition) is 1. The van der Waals surface area contributed by atoms with Gasteiger partial charge in [-0.05, 0) is 24.3 Å². The van der Waals surface area contributed by atoms with Crippen molar-refractivity contribution >= 4 is 46.3 Å². The number of nitrogens with zero attached hydrogens (tertiary/aromatic N) is 3.